The second-order valence-corrected chi connectivity index (χ2v) is 5.56. The Kier molecular flexibility index (Phi) is 4.47. The molecule has 0 radical (unpaired) electrons. The third kappa shape index (κ3) is 3.16. The average molecular weight is 262 g/mol. The Morgan fingerprint density at radius 1 is 1.28 bits per heavy atom. The van der Waals surface area contributed by atoms with Crippen LogP contribution in [0.4, 0.5) is 0 Å². The van der Waals surface area contributed by atoms with Gasteiger partial charge in [0.2, 0.25) is 0 Å². The lowest BCUT2D eigenvalue weighted by Gasteiger charge is -2.15. The predicted molar refractivity (Wildman–Crippen MR) is 74.7 cm³/mol. The highest BCUT2D eigenvalue weighted by molar-refractivity contribution is 7.11. The van der Waals surface area contributed by atoms with E-state index >= 15 is 0 Å². The largest absolute Gasteiger partial charge is 0.394 e. The highest BCUT2D eigenvalue weighted by atomic mass is 32.1. The number of nitrogens with one attached hydrogen (secondary N) is 1. The normalized spacial score (nSPS) is 12.6. The van der Waals surface area contributed by atoms with Crippen LogP contribution in [0.2, 0.25) is 0 Å². The molecule has 4 heteroatoms. The summed E-state index contributed by atoms with van der Waals surface area (Å²) in [6.07, 6.45) is 0. The molecule has 2 aromatic rings. The minimum absolute atomic E-state index is 0.0317. The molecule has 2 N–H and O–H groups in total. The first-order valence-electron chi connectivity index (χ1n) is 6.03. The van der Waals surface area contributed by atoms with Gasteiger partial charge in [-0.25, -0.2) is 4.98 Å². The summed E-state index contributed by atoms with van der Waals surface area (Å²) in [4.78, 5) is 5.74. The molecule has 0 aliphatic carbocycles. The molecule has 1 aromatic heterocycles. The van der Waals surface area contributed by atoms with Crippen molar-refractivity contribution in [2.75, 3.05) is 6.61 Å². The average Bonchev–Trinajstić information content (AvgIpc) is 2.71. The first-order chi connectivity index (χ1) is 8.70. The Balaban J connectivity index is 1.99. The Bertz CT molecular complexity index is 476. The zero-order valence-electron chi connectivity index (χ0n) is 10.7. The van der Waals surface area contributed by atoms with Crippen molar-refractivity contribution in [2.24, 2.45) is 0 Å². The fourth-order valence-electron chi connectivity index (χ4n) is 1.80. The van der Waals surface area contributed by atoms with E-state index in [-0.39, 0.29) is 12.6 Å². The minimum atomic E-state index is -0.0317. The van der Waals surface area contributed by atoms with E-state index in [9.17, 15) is 5.11 Å². The van der Waals surface area contributed by atoms with Crippen LogP contribution in [-0.2, 0) is 6.54 Å². The van der Waals surface area contributed by atoms with E-state index in [1.807, 2.05) is 37.3 Å². The molecule has 96 valence electrons. The molecule has 18 heavy (non-hydrogen) atoms. The number of aromatic nitrogens is 1. The molecular weight excluding hydrogens is 244 g/mol. The Morgan fingerprint density at radius 2 is 2.00 bits per heavy atom. The van der Waals surface area contributed by atoms with E-state index in [1.165, 1.54) is 4.88 Å². The molecule has 1 aromatic carbocycles. The standard InChI is InChI=1S/C14H18N2OS/c1-10-11(2)18-14(16-10)8-15-13(9-17)12-6-4-3-5-7-12/h3-7,13,15,17H,8-9H2,1-2H3. The third-order valence-corrected chi connectivity index (χ3v) is 4.03. The van der Waals surface area contributed by atoms with E-state index in [4.69, 9.17) is 0 Å². The number of benzene rings is 1. The van der Waals surface area contributed by atoms with E-state index in [1.54, 1.807) is 11.3 Å². The summed E-state index contributed by atoms with van der Waals surface area (Å²) >= 11 is 1.71. The van der Waals surface area contributed by atoms with Crippen molar-refractivity contribution in [1.29, 1.82) is 0 Å². The van der Waals surface area contributed by atoms with Gasteiger partial charge in [0.25, 0.3) is 0 Å². The molecule has 1 heterocycles. The number of aliphatic hydroxyl groups excluding tert-OH is 1. The summed E-state index contributed by atoms with van der Waals surface area (Å²) in [5, 5.41) is 13.8. The fourth-order valence-corrected chi connectivity index (χ4v) is 2.68. The third-order valence-electron chi connectivity index (χ3n) is 2.96. The monoisotopic (exact) mass is 262 g/mol. The number of hydrogen-bond donors (Lipinski definition) is 2. The van der Waals surface area contributed by atoms with Gasteiger partial charge >= 0.3 is 0 Å². The van der Waals surface area contributed by atoms with Crippen molar-refractivity contribution in [3.05, 3.63) is 51.5 Å². The lowest BCUT2D eigenvalue weighted by atomic mass is 10.1. The number of rotatable bonds is 5. The van der Waals surface area contributed by atoms with Gasteiger partial charge in [0.05, 0.1) is 18.3 Å². The van der Waals surface area contributed by atoms with E-state index in [2.05, 4.69) is 17.2 Å². The molecule has 1 unspecified atom stereocenters. The van der Waals surface area contributed by atoms with Crippen molar-refractivity contribution in [2.45, 2.75) is 26.4 Å². The summed E-state index contributed by atoms with van der Waals surface area (Å²) < 4.78 is 0. The molecule has 0 bridgehead atoms. The van der Waals surface area contributed by atoms with Crippen molar-refractivity contribution in [3.8, 4) is 0 Å². The van der Waals surface area contributed by atoms with Gasteiger partial charge in [0, 0.05) is 11.4 Å². The first kappa shape index (κ1) is 13.2. The van der Waals surface area contributed by atoms with E-state index in [0.29, 0.717) is 6.54 Å². The van der Waals surface area contributed by atoms with Gasteiger partial charge in [-0.15, -0.1) is 11.3 Å². The van der Waals surface area contributed by atoms with Crippen LogP contribution in [-0.4, -0.2) is 16.7 Å². The summed E-state index contributed by atoms with van der Waals surface area (Å²) in [5.74, 6) is 0. The number of hydrogen-bond acceptors (Lipinski definition) is 4. The maximum atomic E-state index is 9.44. The molecule has 1 atom stereocenters. The number of aliphatic hydroxyl groups is 1. The van der Waals surface area contributed by atoms with Crippen LogP contribution < -0.4 is 5.32 Å². The highest BCUT2D eigenvalue weighted by Crippen LogP contribution is 2.18. The maximum Gasteiger partial charge on any atom is 0.107 e. The summed E-state index contributed by atoms with van der Waals surface area (Å²) in [6, 6.07) is 9.95. The minimum Gasteiger partial charge on any atom is -0.394 e. The van der Waals surface area contributed by atoms with E-state index in [0.717, 1.165) is 16.3 Å². The summed E-state index contributed by atoms with van der Waals surface area (Å²) in [7, 11) is 0. The SMILES string of the molecule is Cc1nc(CNC(CO)c2ccccc2)sc1C. The van der Waals surface area contributed by atoms with Gasteiger partial charge in [-0.2, -0.15) is 0 Å². The van der Waals surface area contributed by atoms with Crippen LogP contribution in [0.5, 0.6) is 0 Å². The van der Waals surface area contributed by atoms with E-state index < -0.39 is 0 Å². The zero-order valence-corrected chi connectivity index (χ0v) is 11.5. The molecule has 0 spiro atoms. The van der Waals surface area contributed by atoms with Crippen LogP contribution in [0.25, 0.3) is 0 Å². The van der Waals surface area contributed by atoms with Gasteiger partial charge in [-0.1, -0.05) is 30.3 Å². The molecule has 0 fully saturated rings. The van der Waals surface area contributed by atoms with Crippen LogP contribution in [0.1, 0.15) is 27.2 Å². The number of aryl methyl sites for hydroxylation is 2. The topological polar surface area (TPSA) is 45.2 Å². The van der Waals surface area contributed by atoms with Crippen LogP contribution >= 0.6 is 11.3 Å². The van der Waals surface area contributed by atoms with Gasteiger partial charge in [0.15, 0.2) is 0 Å². The quantitative estimate of drug-likeness (QED) is 0.870. The molecule has 0 saturated heterocycles. The Hall–Kier alpha value is -1.23. The Labute approximate surface area is 112 Å². The second-order valence-electron chi connectivity index (χ2n) is 4.28. The molecule has 0 amide bonds. The fraction of sp³-hybridized carbons (Fsp3) is 0.357. The van der Waals surface area contributed by atoms with Gasteiger partial charge in [-0.3, -0.25) is 0 Å². The van der Waals surface area contributed by atoms with Crippen molar-refractivity contribution in [3.63, 3.8) is 0 Å². The van der Waals surface area contributed by atoms with Gasteiger partial charge in [0.1, 0.15) is 5.01 Å². The molecule has 0 saturated carbocycles. The van der Waals surface area contributed by atoms with Crippen LogP contribution in [0.15, 0.2) is 30.3 Å². The molecule has 2 rings (SSSR count). The zero-order chi connectivity index (χ0) is 13.0. The first-order valence-corrected chi connectivity index (χ1v) is 6.84. The lowest BCUT2D eigenvalue weighted by molar-refractivity contribution is 0.243. The van der Waals surface area contributed by atoms with Gasteiger partial charge in [-0.05, 0) is 19.4 Å². The summed E-state index contributed by atoms with van der Waals surface area (Å²) in [5.41, 5.74) is 2.20. The molecule has 3 nitrogen and oxygen atoms in total. The van der Waals surface area contributed by atoms with Crippen molar-refractivity contribution >= 4 is 11.3 Å². The second kappa shape index (κ2) is 6.09. The molecular formula is C14H18N2OS. The van der Waals surface area contributed by atoms with Crippen molar-refractivity contribution in [1.82, 2.24) is 10.3 Å². The summed E-state index contributed by atoms with van der Waals surface area (Å²) in [6.45, 7) is 4.89. The predicted octanol–water partition coefficient (Wildman–Crippen LogP) is 2.58. The Morgan fingerprint density at radius 3 is 2.56 bits per heavy atom. The lowest BCUT2D eigenvalue weighted by Crippen LogP contribution is -2.23. The highest BCUT2D eigenvalue weighted by Gasteiger charge is 2.10. The number of thiazole rings is 1. The molecule has 0 aliphatic rings. The van der Waals surface area contributed by atoms with Crippen LogP contribution in [0.3, 0.4) is 0 Å². The molecule has 0 aliphatic heterocycles. The number of nitrogens with zero attached hydrogens (tertiary/aromatic N) is 1. The van der Waals surface area contributed by atoms with Crippen molar-refractivity contribution < 1.29 is 5.11 Å². The maximum absolute atomic E-state index is 9.44. The van der Waals surface area contributed by atoms with Gasteiger partial charge < -0.3 is 10.4 Å². The smallest absolute Gasteiger partial charge is 0.107 e. The van der Waals surface area contributed by atoms with Crippen LogP contribution in [0, 0.1) is 13.8 Å².